The van der Waals surface area contributed by atoms with Gasteiger partial charge in [-0.2, -0.15) is 0 Å². The van der Waals surface area contributed by atoms with Crippen molar-refractivity contribution in [1.82, 2.24) is 14.9 Å². The van der Waals surface area contributed by atoms with Crippen LogP contribution >= 0.6 is 0 Å². The van der Waals surface area contributed by atoms with Crippen LogP contribution in [0.2, 0.25) is 0 Å². The summed E-state index contributed by atoms with van der Waals surface area (Å²) in [5, 5.41) is 2.62. The molecule has 2 rings (SSSR count). The minimum Gasteiger partial charge on any atom is -0.355 e. The lowest BCUT2D eigenvalue weighted by molar-refractivity contribution is -0.130. The third-order valence-electron chi connectivity index (χ3n) is 4.53. The van der Waals surface area contributed by atoms with Crippen molar-refractivity contribution in [2.45, 2.75) is 44.6 Å². The first-order chi connectivity index (χ1) is 10.4. The van der Waals surface area contributed by atoms with Crippen LogP contribution in [0, 0.1) is 5.92 Å². The fourth-order valence-corrected chi connectivity index (χ4v) is 3.78. The van der Waals surface area contributed by atoms with Gasteiger partial charge in [0.15, 0.2) is 0 Å². The Hall–Kier alpha value is -1.15. The summed E-state index contributed by atoms with van der Waals surface area (Å²) in [5.41, 5.74) is 0. The molecule has 0 aromatic heterocycles. The Morgan fingerprint density at radius 2 is 1.95 bits per heavy atom. The van der Waals surface area contributed by atoms with Gasteiger partial charge in [0.25, 0.3) is 0 Å². The lowest BCUT2D eigenvalue weighted by Gasteiger charge is -2.31. The molecular weight excluding hydrogens is 306 g/mol. The zero-order chi connectivity index (χ0) is 16.2. The molecule has 22 heavy (non-hydrogen) atoms. The van der Waals surface area contributed by atoms with Crippen LogP contribution in [-0.4, -0.2) is 57.1 Å². The normalized spacial score (nSPS) is 23.8. The molecule has 1 unspecified atom stereocenters. The molecule has 2 aliphatic rings. The summed E-state index contributed by atoms with van der Waals surface area (Å²) in [6, 6.07) is 0.281. The van der Waals surface area contributed by atoms with Crippen molar-refractivity contribution < 1.29 is 18.0 Å². The van der Waals surface area contributed by atoms with Gasteiger partial charge < -0.3 is 10.2 Å². The van der Waals surface area contributed by atoms with Gasteiger partial charge in [0.05, 0.1) is 11.7 Å². The number of sulfonamides is 1. The standard InChI is InChI=1S/C14H25N3O4S/c1-15-22(20,21)8-7-16-14(19)11-9-13(18)17(10-11)12-5-3-2-4-6-12/h11-12,15H,2-10H2,1H3,(H,16,19). The molecule has 2 N–H and O–H groups in total. The number of nitrogens with zero attached hydrogens (tertiary/aromatic N) is 1. The lowest BCUT2D eigenvalue weighted by atomic mass is 9.94. The smallest absolute Gasteiger partial charge is 0.225 e. The molecule has 0 spiro atoms. The number of amides is 2. The van der Waals surface area contributed by atoms with Gasteiger partial charge in [-0.1, -0.05) is 19.3 Å². The van der Waals surface area contributed by atoms with E-state index >= 15 is 0 Å². The molecule has 1 aliphatic heterocycles. The van der Waals surface area contributed by atoms with Crippen LogP contribution < -0.4 is 10.0 Å². The summed E-state index contributed by atoms with van der Waals surface area (Å²) in [6.07, 6.45) is 5.81. The van der Waals surface area contributed by atoms with E-state index in [0.717, 1.165) is 25.7 Å². The fourth-order valence-electron chi connectivity index (χ4n) is 3.21. The van der Waals surface area contributed by atoms with Crippen molar-refractivity contribution >= 4 is 21.8 Å². The number of nitrogens with one attached hydrogen (secondary N) is 2. The molecule has 1 heterocycles. The topological polar surface area (TPSA) is 95.6 Å². The van der Waals surface area contributed by atoms with Crippen molar-refractivity contribution in [1.29, 1.82) is 0 Å². The molecular formula is C14H25N3O4S. The third-order valence-corrected chi connectivity index (χ3v) is 5.89. The average Bonchev–Trinajstić information content (AvgIpc) is 2.90. The summed E-state index contributed by atoms with van der Waals surface area (Å²) in [5.74, 6) is -0.679. The van der Waals surface area contributed by atoms with Gasteiger partial charge in [-0.05, 0) is 19.9 Å². The Morgan fingerprint density at radius 3 is 2.59 bits per heavy atom. The van der Waals surface area contributed by atoms with Crippen LogP contribution in [0.4, 0.5) is 0 Å². The predicted octanol–water partition coefficient (Wildman–Crippen LogP) is -0.167. The van der Waals surface area contributed by atoms with Crippen LogP contribution in [0.3, 0.4) is 0 Å². The molecule has 0 bridgehead atoms. The second kappa shape index (κ2) is 7.41. The number of carbonyl (C=O) groups excluding carboxylic acids is 2. The highest BCUT2D eigenvalue weighted by molar-refractivity contribution is 7.89. The molecule has 126 valence electrons. The maximum Gasteiger partial charge on any atom is 0.225 e. The number of carbonyl (C=O) groups is 2. The highest BCUT2D eigenvalue weighted by Crippen LogP contribution is 2.28. The van der Waals surface area contributed by atoms with E-state index in [2.05, 4.69) is 10.0 Å². The van der Waals surface area contributed by atoms with E-state index in [-0.39, 0.29) is 42.5 Å². The van der Waals surface area contributed by atoms with Gasteiger partial charge in [-0.15, -0.1) is 0 Å². The van der Waals surface area contributed by atoms with Crippen molar-refractivity contribution in [2.24, 2.45) is 5.92 Å². The lowest BCUT2D eigenvalue weighted by Crippen LogP contribution is -2.40. The van der Waals surface area contributed by atoms with Crippen LogP contribution in [0.25, 0.3) is 0 Å². The zero-order valence-corrected chi connectivity index (χ0v) is 13.8. The molecule has 0 aromatic carbocycles. The van der Waals surface area contributed by atoms with Crippen molar-refractivity contribution in [2.75, 3.05) is 25.9 Å². The number of hydrogen-bond acceptors (Lipinski definition) is 4. The number of hydrogen-bond donors (Lipinski definition) is 2. The van der Waals surface area contributed by atoms with Gasteiger partial charge in [0, 0.05) is 25.6 Å². The van der Waals surface area contributed by atoms with E-state index in [1.165, 1.54) is 13.5 Å². The first-order valence-corrected chi connectivity index (χ1v) is 9.56. The molecule has 0 radical (unpaired) electrons. The molecule has 0 aromatic rings. The maximum absolute atomic E-state index is 12.1. The third kappa shape index (κ3) is 4.42. The minimum absolute atomic E-state index is 0.0508. The SMILES string of the molecule is CNS(=O)(=O)CCNC(=O)C1CC(=O)N(C2CCCCC2)C1. The first-order valence-electron chi connectivity index (χ1n) is 7.91. The highest BCUT2D eigenvalue weighted by Gasteiger charge is 2.37. The van der Waals surface area contributed by atoms with Crippen LogP contribution in [0.15, 0.2) is 0 Å². The van der Waals surface area contributed by atoms with E-state index in [0.29, 0.717) is 6.54 Å². The van der Waals surface area contributed by atoms with Crippen LogP contribution in [0.5, 0.6) is 0 Å². The molecule has 1 aliphatic carbocycles. The Morgan fingerprint density at radius 1 is 1.27 bits per heavy atom. The predicted molar refractivity (Wildman–Crippen MR) is 82.5 cm³/mol. The van der Waals surface area contributed by atoms with Gasteiger partial charge >= 0.3 is 0 Å². The zero-order valence-electron chi connectivity index (χ0n) is 13.0. The molecule has 8 heteroatoms. The van der Waals surface area contributed by atoms with Gasteiger partial charge in [-0.25, -0.2) is 13.1 Å². The van der Waals surface area contributed by atoms with Gasteiger partial charge in [0.2, 0.25) is 21.8 Å². The van der Waals surface area contributed by atoms with Crippen molar-refractivity contribution in [3.63, 3.8) is 0 Å². The Kier molecular flexibility index (Phi) is 5.80. The Balaban J connectivity index is 1.80. The molecule has 1 saturated carbocycles. The van der Waals surface area contributed by atoms with Crippen LogP contribution in [0.1, 0.15) is 38.5 Å². The number of rotatable bonds is 6. The van der Waals surface area contributed by atoms with E-state index in [1.54, 1.807) is 0 Å². The second-order valence-corrected chi connectivity index (χ2v) is 8.10. The average molecular weight is 331 g/mol. The quantitative estimate of drug-likeness (QED) is 0.706. The van der Waals surface area contributed by atoms with Gasteiger partial charge in [0.1, 0.15) is 0 Å². The van der Waals surface area contributed by atoms with E-state index in [4.69, 9.17) is 0 Å². The van der Waals surface area contributed by atoms with Crippen molar-refractivity contribution in [3.8, 4) is 0 Å². The van der Waals surface area contributed by atoms with E-state index < -0.39 is 10.0 Å². The summed E-state index contributed by atoms with van der Waals surface area (Å²) < 4.78 is 24.8. The number of likely N-dealkylation sites (tertiary alicyclic amines) is 1. The van der Waals surface area contributed by atoms with E-state index in [9.17, 15) is 18.0 Å². The van der Waals surface area contributed by atoms with Gasteiger partial charge in [-0.3, -0.25) is 9.59 Å². The summed E-state index contributed by atoms with van der Waals surface area (Å²) >= 11 is 0. The first kappa shape index (κ1) is 17.2. The largest absolute Gasteiger partial charge is 0.355 e. The summed E-state index contributed by atoms with van der Waals surface area (Å²) in [4.78, 5) is 26.1. The molecule has 1 saturated heterocycles. The summed E-state index contributed by atoms with van der Waals surface area (Å²) in [7, 11) is -1.98. The Bertz CT molecular complexity index is 514. The van der Waals surface area contributed by atoms with Crippen LogP contribution in [-0.2, 0) is 19.6 Å². The highest BCUT2D eigenvalue weighted by atomic mass is 32.2. The van der Waals surface area contributed by atoms with E-state index in [1.807, 2.05) is 4.90 Å². The molecule has 2 fully saturated rings. The molecule has 7 nitrogen and oxygen atoms in total. The van der Waals surface area contributed by atoms with Crippen molar-refractivity contribution in [3.05, 3.63) is 0 Å². The minimum atomic E-state index is -3.32. The summed E-state index contributed by atoms with van der Waals surface area (Å²) in [6.45, 7) is 0.532. The molecule has 1 atom stereocenters. The molecule has 2 amide bonds. The monoisotopic (exact) mass is 331 g/mol. The fraction of sp³-hybridized carbons (Fsp3) is 0.857. The Labute approximate surface area is 131 Å². The maximum atomic E-state index is 12.1. The second-order valence-electron chi connectivity index (χ2n) is 6.05.